The molecule has 7 heteroatoms. The van der Waals surface area contributed by atoms with Gasteiger partial charge in [0, 0.05) is 5.56 Å². The number of nitrogens with zero attached hydrogens (tertiary/aromatic N) is 4. The SMILES string of the molecule is COc1ccc(-n2c(-c3ccccc3Cl)nn(CN3CCCC3)c2=S)cc1. The van der Waals surface area contributed by atoms with Crippen LogP contribution in [0.4, 0.5) is 0 Å². The van der Waals surface area contributed by atoms with Gasteiger partial charge in [0.1, 0.15) is 5.75 Å². The maximum absolute atomic E-state index is 6.47. The van der Waals surface area contributed by atoms with E-state index in [4.69, 9.17) is 33.7 Å². The van der Waals surface area contributed by atoms with Gasteiger partial charge in [-0.2, -0.15) is 0 Å². The smallest absolute Gasteiger partial charge is 0.204 e. The van der Waals surface area contributed by atoms with E-state index in [0.29, 0.717) is 16.5 Å². The minimum Gasteiger partial charge on any atom is -0.497 e. The fraction of sp³-hybridized carbons (Fsp3) is 0.300. The average molecular weight is 401 g/mol. The molecule has 0 radical (unpaired) electrons. The first-order valence-corrected chi connectivity index (χ1v) is 9.77. The molecule has 1 fully saturated rings. The second-order valence-electron chi connectivity index (χ2n) is 6.59. The summed E-state index contributed by atoms with van der Waals surface area (Å²) in [7, 11) is 1.66. The highest BCUT2D eigenvalue weighted by molar-refractivity contribution is 7.71. The van der Waals surface area contributed by atoms with E-state index in [1.165, 1.54) is 12.8 Å². The van der Waals surface area contributed by atoms with Gasteiger partial charge in [-0.3, -0.25) is 9.47 Å². The zero-order valence-electron chi connectivity index (χ0n) is 15.1. The molecule has 1 saturated heterocycles. The number of rotatable bonds is 5. The minimum atomic E-state index is 0.653. The number of hydrogen-bond donors (Lipinski definition) is 0. The van der Waals surface area contributed by atoms with Crippen LogP contribution < -0.4 is 4.74 Å². The number of hydrogen-bond acceptors (Lipinski definition) is 4. The van der Waals surface area contributed by atoms with Crippen LogP contribution in [0.3, 0.4) is 0 Å². The van der Waals surface area contributed by atoms with Crippen LogP contribution in [0.15, 0.2) is 48.5 Å². The molecule has 27 heavy (non-hydrogen) atoms. The third kappa shape index (κ3) is 3.65. The molecule has 4 rings (SSSR count). The molecule has 0 amide bonds. The third-order valence-electron chi connectivity index (χ3n) is 4.82. The third-order valence-corrected chi connectivity index (χ3v) is 5.54. The van der Waals surface area contributed by atoms with Gasteiger partial charge in [-0.05, 0) is 74.5 Å². The van der Waals surface area contributed by atoms with E-state index in [1.807, 2.05) is 57.8 Å². The summed E-state index contributed by atoms with van der Waals surface area (Å²) in [4.78, 5) is 2.37. The predicted octanol–water partition coefficient (Wildman–Crippen LogP) is 4.79. The molecule has 1 aliphatic rings. The van der Waals surface area contributed by atoms with E-state index in [0.717, 1.165) is 35.9 Å². The summed E-state index contributed by atoms with van der Waals surface area (Å²) in [5, 5.41) is 5.49. The Morgan fingerprint density at radius 3 is 2.44 bits per heavy atom. The second-order valence-corrected chi connectivity index (χ2v) is 7.36. The molecule has 5 nitrogen and oxygen atoms in total. The van der Waals surface area contributed by atoms with Crippen LogP contribution in [0.5, 0.6) is 5.75 Å². The lowest BCUT2D eigenvalue weighted by molar-refractivity contribution is 0.253. The van der Waals surface area contributed by atoms with Crippen molar-refractivity contribution in [3.63, 3.8) is 0 Å². The Labute approximate surface area is 168 Å². The number of ether oxygens (including phenoxy) is 1. The van der Waals surface area contributed by atoms with E-state index in [2.05, 4.69) is 4.90 Å². The fourth-order valence-electron chi connectivity index (χ4n) is 3.39. The Morgan fingerprint density at radius 2 is 1.78 bits per heavy atom. The Morgan fingerprint density at radius 1 is 1.07 bits per heavy atom. The lowest BCUT2D eigenvalue weighted by atomic mass is 10.2. The average Bonchev–Trinajstić information content (AvgIpc) is 3.31. The Bertz CT molecular complexity index is 990. The van der Waals surface area contributed by atoms with Gasteiger partial charge < -0.3 is 4.74 Å². The summed E-state index contributed by atoms with van der Waals surface area (Å²) in [6, 6.07) is 15.5. The Hall–Kier alpha value is -2.15. The Kier molecular flexibility index (Phi) is 5.29. The van der Waals surface area contributed by atoms with E-state index < -0.39 is 0 Å². The second kappa shape index (κ2) is 7.84. The van der Waals surface area contributed by atoms with Gasteiger partial charge in [0.15, 0.2) is 5.82 Å². The van der Waals surface area contributed by atoms with Gasteiger partial charge >= 0.3 is 0 Å². The first-order valence-electron chi connectivity index (χ1n) is 8.99. The summed E-state index contributed by atoms with van der Waals surface area (Å²) < 4.78 is 9.80. The molecule has 2 heterocycles. The highest BCUT2D eigenvalue weighted by atomic mass is 35.5. The van der Waals surface area contributed by atoms with Crippen LogP contribution in [-0.2, 0) is 6.67 Å². The Balaban J connectivity index is 1.84. The number of aromatic nitrogens is 3. The van der Waals surface area contributed by atoms with Gasteiger partial charge in [0.25, 0.3) is 0 Å². The van der Waals surface area contributed by atoms with Crippen LogP contribution in [0.25, 0.3) is 17.1 Å². The van der Waals surface area contributed by atoms with Gasteiger partial charge in [0.05, 0.1) is 24.5 Å². The molecule has 0 spiro atoms. The standard InChI is InChI=1S/C20H21ClN4OS/c1-26-16-10-8-15(9-11-16)25-19(17-6-2-3-7-18(17)21)22-24(20(25)27)14-23-12-4-5-13-23/h2-3,6-11H,4-5,12-14H2,1H3. The zero-order chi connectivity index (χ0) is 18.8. The van der Waals surface area contributed by atoms with Crippen molar-refractivity contribution >= 4 is 23.8 Å². The van der Waals surface area contributed by atoms with Crippen LogP contribution >= 0.6 is 23.8 Å². The maximum atomic E-state index is 6.47. The largest absolute Gasteiger partial charge is 0.497 e. The van der Waals surface area contributed by atoms with Crippen LogP contribution in [0.1, 0.15) is 12.8 Å². The van der Waals surface area contributed by atoms with Crippen LogP contribution in [-0.4, -0.2) is 39.4 Å². The number of halogens is 1. The highest BCUT2D eigenvalue weighted by Gasteiger charge is 2.19. The topological polar surface area (TPSA) is 35.2 Å². The molecule has 0 bridgehead atoms. The normalized spacial score (nSPS) is 14.6. The molecule has 0 saturated carbocycles. The lowest BCUT2D eigenvalue weighted by Crippen LogP contribution is -2.23. The molecule has 0 atom stereocenters. The van der Waals surface area contributed by atoms with Crippen LogP contribution in [0.2, 0.25) is 5.02 Å². The van der Waals surface area contributed by atoms with E-state index >= 15 is 0 Å². The van der Waals surface area contributed by atoms with Crippen molar-refractivity contribution in [2.24, 2.45) is 0 Å². The van der Waals surface area contributed by atoms with Crippen molar-refractivity contribution < 1.29 is 4.74 Å². The fourth-order valence-corrected chi connectivity index (χ4v) is 3.91. The van der Waals surface area contributed by atoms with Crippen molar-refractivity contribution in [2.45, 2.75) is 19.5 Å². The monoisotopic (exact) mass is 400 g/mol. The quantitative estimate of drug-likeness (QED) is 0.577. The highest BCUT2D eigenvalue weighted by Crippen LogP contribution is 2.29. The maximum Gasteiger partial charge on any atom is 0.204 e. The molecule has 0 unspecified atom stereocenters. The first kappa shape index (κ1) is 18.2. The van der Waals surface area contributed by atoms with Crippen molar-refractivity contribution in [3.05, 3.63) is 58.3 Å². The summed E-state index contributed by atoms with van der Waals surface area (Å²) in [6.07, 6.45) is 2.45. The molecule has 140 valence electrons. The molecule has 1 aromatic heterocycles. The number of benzene rings is 2. The molecule has 3 aromatic rings. The van der Waals surface area contributed by atoms with Crippen molar-refractivity contribution in [2.75, 3.05) is 20.2 Å². The summed E-state index contributed by atoms with van der Waals surface area (Å²) in [5.41, 5.74) is 1.80. The van der Waals surface area contributed by atoms with Gasteiger partial charge in [0.2, 0.25) is 4.77 Å². The zero-order valence-corrected chi connectivity index (χ0v) is 16.7. The predicted molar refractivity (Wildman–Crippen MR) is 110 cm³/mol. The molecule has 0 aliphatic carbocycles. The molecular formula is C20H21ClN4OS. The molecule has 2 aromatic carbocycles. The molecular weight excluding hydrogens is 380 g/mol. The van der Waals surface area contributed by atoms with Crippen molar-refractivity contribution in [3.8, 4) is 22.8 Å². The summed E-state index contributed by atoms with van der Waals surface area (Å²) in [5.74, 6) is 1.55. The lowest BCUT2D eigenvalue weighted by Gasteiger charge is -2.13. The van der Waals surface area contributed by atoms with Gasteiger partial charge in [-0.15, -0.1) is 5.10 Å². The minimum absolute atomic E-state index is 0.653. The molecule has 0 N–H and O–H groups in total. The number of methoxy groups -OCH3 is 1. The summed E-state index contributed by atoms with van der Waals surface area (Å²) >= 11 is 12.3. The van der Waals surface area contributed by atoms with Crippen LogP contribution in [0, 0.1) is 4.77 Å². The van der Waals surface area contributed by atoms with E-state index in [1.54, 1.807) is 7.11 Å². The van der Waals surface area contributed by atoms with Gasteiger partial charge in [-0.25, -0.2) is 4.68 Å². The number of likely N-dealkylation sites (tertiary alicyclic amines) is 1. The first-order chi connectivity index (χ1) is 13.2. The molecule has 1 aliphatic heterocycles. The van der Waals surface area contributed by atoms with E-state index in [9.17, 15) is 0 Å². The van der Waals surface area contributed by atoms with Crippen molar-refractivity contribution in [1.82, 2.24) is 19.2 Å². The van der Waals surface area contributed by atoms with Gasteiger partial charge in [-0.1, -0.05) is 23.7 Å². The summed E-state index contributed by atoms with van der Waals surface area (Å²) in [6.45, 7) is 2.86. The van der Waals surface area contributed by atoms with Crippen molar-refractivity contribution in [1.29, 1.82) is 0 Å². The van der Waals surface area contributed by atoms with E-state index in [-0.39, 0.29) is 0 Å².